The lowest BCUT2D eigenvalue weighted by molar-refractivity contribution is 0.414. The summed E-state index contributed by atoms with van der Waals surface area (Å²) in [6.45, 7) is 3.59. The Hall–Kier alpha value is -2.00. The van der Waals surface area contributed by atoms with E-state index >= 15 is 0 Å². The van der Waals surface area contributed by atoms with Crippen molar-refractivity contribution in [3.63, 3.8) is 0 Å². The third-order valence-electron chi connectivity index (χ3n) is 3.30. The van der Waals surface area contributed by atoms with Gasteiger partial charge < -0.3 is 15.2 Å². The Balaban J connectivity index is 1.79. The summed E-state index contributed by atoms with van der Waals surface area (Å²) in [6.07, 6.45) is 0.955. The van der Waals surface area contributed by atoms with Crippen LogP contribution < -0.4 is 10.1 Å². The molecule has 0 saturated heterocycles. The number of hydrogen-bond acceptors (Lipinski definition) is 3. The minimum Gasteiger partial charge on any atom is -0.508 e. The molecule has 2 aromatic rings. The fourth-order valence-corrected chi connectivity index (χ4v) is 2.10. The molecule has 3 heteroatoms. The number of rotatable bonds is 6. The maximum Gasteiger partial charge on any atom is 0.120 e. The maximum absolute atomic E-state index is 9.76. The number of aryl methyl sites for hydroxylation is 1. The normalized spacial score (nSPS) is 10.5. The molecule has 0 saturated carbocycles. The summed E-state index contributed by atoms with van der Waals surface area (Å²) in [5, 5.41) is 13.1. The van der Waals surface area contributed by atoms with Crippen molar-refractivity contribution in [2.75, 3.05) is 13.7 Å². The monoisotopic (exact) mass is 271 g/mol. The molecule has 2 rings (SSSR count). The molecule has 0 bridgehead atoms. The Morgan fingerprint density at radius 1 is 1.10 bits per heavy atom. The molecule has 0 fully saturated rings. The first kappa shape index (κ1) is 14.4. The van der Waals surface area contributed by atoms with Gasteiger partial charge in [0.2, 0.25) is 0 Å². The third-order valence-corrected chi connectivity index (χ3v) is 3.30. The lowest BCUT2D eigenvalue weighted by atomic mass is 10.1. The second-order valence-corrected chi connectivity index (χ2v) is 4.91. The van der Waals surface area contributed by atoms with Crippen LogP contribution in [0.25, 0.3) is 0 Å². The van der Waals surface area contributed by atoms with Crippen molar-refractivity contribution in [1.82, 2.24) is 5.32 Å². The molecule has 2 aromatic carbocycles. The first-order valence-electron chi connectivity index (χ1n) is 6.81. The van der Waals surface area contributed by atoms with E-state index in [4.69, 9.17) is 4.74 Å². The Kier molecular flexibility index (Phi) is 5.02. The van der Waals surface area contributed by atoms with Gasteiger partial charge >= 0.3 is 0 Å². The summed E-state index contributed by atoms with van der Waals surface area (Å²) < 4.78 is 5.13. The van der Waals surface area contributed by atoms with Crippen LogP contribution in [0, 0.1) is 6.92 Å². The molecular weight excluding hydrogens is 250 g/mol. The van der Waals surface area contributed by atoms with Crippen molar-refractivity contribution in [1.29, 1.82) is 0 Å². The van der Waals surface area contributed by atoms with Crippen molar-refractivity contribution in [3.05, 3.63) is 59.2 Å². The number of nitrogens with one attached hydrogen (secondary N) is 1. The minimum absolute atomic E-state index is 0.354. The molecule has 0 aliphatic carbocycles. The number of benzene rings is 2. The average Bonchev–Trinajstić information content (AvgIpc) is 2.47. The SMILES string of the molecule is COc1ccc(CCNCc2cc(C)ccc2O)cc1. The highest BCUT2D eigenvalue weighted by Gasteiger charge is 2.01. The van der Waals surface area contributed by atoms with Gasteiger partial charge in [0.1, 0.15) is 11.5 Å². The van der Waals surface area contributed by atoms with Crippen LogP contribution in [0.5, 0.6) is 11.5 Å². The number of phenols is 1. The molecule has 0 aliphatic heterocycles. The van der Waals surface area contributed by atoms with E-state index in [1.54, 1.807) is 13.2 Å². The molecule has 0 radical (unpaired) electrons. The third kappa shape index (κ3) is 4.00. The van der Waals surface area contributed by atoms with Crippen molar-refractivity contribution in [3.8, 4) is 11.5 Å². The number of phenolic OH excluding ortho intramolecular Hbond substituents is 1. The van der Waals surface area contributed by atoms with E-state index in [0.717, 1.165) is 29.8 Å². The zero-order valence-corrected chi connectivity index (χ0v) is 12.0. The van der Waals surface area contributed by atoms with Crippen molar-refractivity contribution in [2.45, 2.75) is 19.9 Å². The van der Waals surface area contributed by atoms with Gasteiger partial charge in [0, 0.05) is 12.1 Å². The summed E-state index contributed by atoms with van der Waals surface area (Å²) >= 11 is 0. The van der Waals surface area contributed by atoms with Crippen molar-refractivity contribution in [2.24, 2.45) is 0 Å². The largest absolute Gasteiger partial charge is 0.508 e. The fraction of sp³-hybridized carbons (Fsp3) is 0.294. The summed E-state index contributed by atoms with van der Waals surface area (Å²) in [5.41, 5.74) is 3.38. The lowest BCUT2D eigenvalue weighted by Gasteiger charge is -2.08. The first-order chi connectivity index (χ1) is 9.69. The number of ether oxygens (including phenoxy) is 1. The number of aromatic hydroxyl groups is 1. The molecule has 106 valence electrons. The predicted octanol–water partition coefficient (Wildman–Crippen LogP) is 3.04. The molecular formula is C17H21NO2. The molecule has 0 aromatic heterocycles. The van der Waals surface area contributed by atoms with Crippen LogP contribution >= 0.6 is 0 Å². The molecule has 2 N–H and O–H groups in total. The molecule has 0 amide bonds. The highest BCUT2D eigenvalue weighted by Crippen LogP contribution is 2.17. The number of methoxy groups -OCH3 is 1. The first-order valence-corrected chi connectivity index (χ1v) is 6.81. The highest BCUT2D eigenvalue weighted by molar-refractivity contribution is 5.35. The van der Waals surface area contributed by atoms with Gasteiger partial charge in [-0.2, -0.15) is 0 Å². The Bertz CT molecular complexity index is 549. The van der Waals surface area contributed by atoms with Gasteiger partial charge in [-0.25, -0.2) is 0 Å². The van der Waals surface area contributed by atoms with E-state index < -0.39 is 0 Å². The van der Waals surface area contributed by atoms with E-state index in [-0.39, 0.29) is 0 Å². The maximum atomic E-state index is 9.76. The topological polar surface area (TPSA) is 41.5 Å². The second kappa shape index (κ2) is 6.96. The van der Waals surface area contributed by atoms with Gasteiger partial charge in [-0.1, -0.05) is 29.8 Å². The molecule has 0 spiro atoms. The quantitative estimate of drug-likeness (QED) is 0.793. The van der Waals surface area contributed by atoms with Gasteiger partial charge in [0.15, 0.2) is 0 Å². The molecule has 20 heavy (non-hydrogen) atoms. The van der Waals surface area contributed by atoms with E-state index in [2.05, 4.69) is 17.4 Å². The van der Waals surface area contributed by atoms with Crippen molar-refractivity contribution < 1.29 is 9.84 Å². The molecule has 0 atom stereocenters. The zero-order valence-electron chi connectivity index (χ0n) is 12.0. The summed E-state index contributed by atoms with van der Waals surface area (Å²) in [7, 11) is 1.67. The average molecular weight is 271 g/mol. The lowest BCUT2D eigenvalue weighted by Crippen LogP contribution is -2.16. The Labute approximate surface area is 120 Å². The van der Waals surface area contributed by atoms with Crippen LogP contribution in [0.4, 0.5) is 0 Å². The van der Waals surface area contributed by atoms with Crippen LogP contribution in [0.3, 0.4) is 0 Å². The fourth-order valence-electron chi connectivity index (χ4n) is 2.10. The number of hydrogen-bond donors (Lipinski definition) is 2. The van der Waals surface area contributed by atoms with Gasteiger partial charge in [-0.15, -0.1) is 0 Å². The van der Waals surface area contributed by atoms with E-state index in [1.165, 1.54) is 5.56 Å². The van der Waals surface area contributed by atoms with Gasteiger partial charge in [-0.3, -0.25) is 0 Å². The van der Waals surface area contributed by atoms with E-state index in [1.807, 2.05) is 31.2 Å². The Morgan fingerprint density at radius 3 is 2.55 bits per heavy atom. The van der Waals surface area contributed by atoms with Crippen molar-refractivity contribution >= 4 is 0 Å². The van der Waals surface area contributed by atoms with Gasteiger partial charge in [-0.05, 0) is 43.7 Å². The summed E-state index contributed by atoms with van der Waals surface area (Å²) in [4.78, 5) is 0. The second-order valence-electron chi connectivity index (χ2n) is 4.91. The van der Waals surface area contributed by atoms with Gasteiger partial charge in [0.25, 0.3) is 0 Å². The standard InChI is InChI=1S/C17H21NO2/c1-13-3-8-17(19)15(11-13)12-18-10-9-14-4-6-16(20-2)7-5-14/h3-8,11,18-19H,9-10,12H2,1-2H3. The predicted molar refractivity (Wildman–Crippen MR) is 81.2 cm³/mol. The smallest absolute Gasteiger partial charge is 0.120 e. The zero-order chi connectivity index (χ0) is 14.4. The molecule has 0 unspecified atom stereocenters. The van der Waals surface area contributed by atoms with E-state index in [0.29, 0.717) is 12.3 Å². The van der Waals surface area contributed by atoms with Crippen LogP contribution in [0.2, 0.25) is 0 Å². The van der Waals surface area contributed by atoms with Crippen LogP contribution in [0.1, 0.15) is 16.7 Å². The summed E-state index contributed by atoms with van der Waals surface area (Å²) in [5.74, 6) is 1.24. The Morgan fingerprint density at radius 2 is 1.85 bits per heavy atom. The minimum atomic E-state index is 0.354. The molecule has 0 aliphatic rings. The van der Waals surface area contributed by atoms with Gasteiger partial charge in [0.05, 0.1) is 7.11 Å². The van der Waals surface area contributed by atoms with Crippen LogP contribution in [-0.2, 0) is 13.0 Å². The molecule has 3 nitrogen and oxygen atoms in total. The van der Waals surface area contributed by atoms with E-state index in [9.17, 15) is 5.11 Å². The van der Waals surface area contributed by atoms with Crippen LogP contribution in [-0.4, -0.2) is 18.8 Å². The molecule has 0 heterocycles. The highest BCUT2D eigenvalue weighted by atomic mass is 16.5. The van der Waals surface area contributed by atoms with Crippen LogP contribution in [0.15, 0.2) is 42.5 Å². The summed E-state index contributed by atoms with van der Waals surface area (Å²) in [6, 6.07) is 13.8.